The summed E-state index contributed by atoms with van der Waals surface area (Å²) >= 11 is 11.8. The molecule has 2 aromatic rings. The number of carbonyl (C=O) groups is 1. The van der Waals surface area contributed by atoms with Crippen molar-refractivity contribution in [3.05, 3.63) is 45.5 Å². The molecule has 0 amide bonds. The molecule has 7 heteroatoms. The second-order valence-electron chi connectivity index (χ2n) is 4.82. The second kappa shape index (κ2) is 6.13. The number of aromatic nitrogens is 2. The minimum absolute atomic E-state index is 0.0750. The standard InChI is InChI=1S/C14H12Cl2N2O3/c15-10-2-1-8(5-11(10)16)6-13-17-14(21-18-13)9-7-20-4-3-12(9)19/h1-2,5,9H,3-4,6-7H2. The molecule has 1 unspecified atom stereocenters. The molecular formula is C14H12Cl2N2O3. The second-order valence-corrected chi connectivity index (χ2v) is 5.63. The van der Waals surface area contributed by atoms with Gasteiger partial charge in [-0.05, 0) is 17.7 Å². The molecule has 0 bridgehead atoms. The average molecular weight is 327 g/mol. The highest BCUT2D eigenvalue weighted by atomic mass is 35.5. The van der Waals surface area contributed by atoms with E-state index in [2.05, 4.69) is 10.1 Å². The lowest BCUT2D eigenvalue weighted by atomic mass is 10.0. The molecule has 0 N–H and O–H groups in total. The molecule has 0 saturated carbocycles. The van der Waals surface area contributed by atoms with Crippen LogP contribution in [0.25, 0.3) is 0 Å². The van der Waals surface area contributed by atoms with E-state index in [-0.39, 0.29) is 5.78 Å². The van der Waals surface area contributed by atoms with Crippen LogP contribution in [0, 0.1) is 0 Å². The van der Waals surface area contributed by atoms with Gasteiger partial charge in [0.2, 0.25) is 5.89 Å². The van der Waals surface area contributed by atoms with Gasteiger partial charge in [-0.3, -0.25) is 4.79 Å². The highest BCUT2D eigenvalue weighted by Crippen LogP contribution is 2.24. The third-order valence-electron chi connectivity index (χ3n) is 3.29. The summed E-state index contributed by atoms with van der Waals surface area (Å²) in [5.74, 6) is 0.441. The number of benzene rings is 1. The Morgan fingerprint density at radius 2 is 2.14 bits per heavy atom. The molecule has 1 aromatic heterocycles. The molecule has 0 spiro atoms. The Hall–Kier alpha value is -1.43. The third kappa shape index (κ3) is 3.26. The van der Waals surface area contributed by atoms with Gasteiger partial charge in [0, 0.05) is 12.8 Å². The maximum atomic E-state index is 11.8. The van der Waals surface area contributed by atoms with Crippen molar-refractivity contribution in [2.45, 2.75) is 18.8 Å². The Bertz CT molecular complexity index is 672. The first kappa shape index (κ1) is 14.5. The molecular weight excluding hydrogens is 315 g/mol. The van der Waals surface area contributed by atoms with Crippen molar-refractivity contribution in [2.75, 3.05) is 13.2 Å². The van der Waals surface area contributed by atoms with Crippen LogP contribution in [0.2, 0.25) is 10.0 Å². The highest BCUT2D eigenvalue weighted by Gasteiger charge is 2.29. The molecule has 1 aromatic carbocycles. The summed E-state index contributed by atoms with van der Waals surface area (Å²) in [7, 11) is 0. The molecule has 3 rings (SSSR count). The lowest BCUT2D eigenvalue weighted by Crippen LogP contribution is -2.25. The number of nitrogens with zero attached hydrogens (tertiary/aromatic N) is 2. The van der Waals surface area contributed by atoms with Gasteiger partial charge in [0.25, 0.3) is 0 Å². The number of hydrogen-bond donors (Lipinski definition) is 0. The summed E-state index contributed by atoms with van der Waals surface area (Å²) in [6.45, 7) is 0.757. The van der Waals surface area contributed by atoms with Gasteiger partial charge in [0.05, 0.1) is 23.3 Å². The summed E-state index contributed by atoms with van der Waals surface area (Å²) in [6.07, 6.45) is 0.845. The largest absolute Gasteiger partial charge is 0.380 e. The number of ketones is 1. The quantitative estimate of drug-likeness (QED) is 0.867. The number of rotatable bonds is 3. The van der Waals surface area contributed by atoms with Gasteiger partial charge in [0.1, 0.15) is 11.7 Å². The Morgan fingerprint density at radius 1 is 1.29 bits per heavy atom. The first-order valence-electron chi connectivity index (χ1n) is 6.50. The van der Waals surface area contributed by atoms with Crippen molar-refractivity contribution in [1.82, 2.24) is 10.1 Å². The summed E-state index contributed by atoms with van der Waals surface area (Å²) in [5.41, 5.74) is 0.919. The molecule has 1 aliphatic heterocycles. The zero-order valence-electron chi connectivity index (χ0n) is 11.0. The minimum atomic E-state index is -0.450. The number of carbonyl (C=O) groups excluding carboxylic acids is 1. The average Bonchev–Trinajstić information content (AvgIpc) is 2.92. The summed E-state index contributed by atoms with van der Waals surface area (Å²) < 4.78 is 10.5. The highest BCUT2D eigenvalue weighted by molar-refractivity contribution is 6.42. The summed E-state index contributed by atoms with van der Waals surface area (Å²) in [6, 6.07) is 5.33. The number of hydrogen-bond acceptors (Lipinski definition) is 5. The van der Waals surface area contributed by atoms with Crippen LogP contribution < -0.4 is 0 Å². The van der Waals surface area contributed by atoms with Gasteiger partial charge in [-0.1, -0.05) is 34.4 Å². The monoisotopic (exact) mass is 326 g/mol. The molecule has 0 radical (unpaired) electrons. The van der Waals surface area contributed by atoms with Crippen molar-refractivity contribution >= 4 is 29.0 Å². The van der Waals surface area contributed by atoms with Gasteiger partial charge < -0.3 is 9.26 Å². The SMILES string of the molecule is O=C1CCOCC1c1nc(Cc2ccc(Cl)c(Cl)c2)no1. The third-order valence-corrected chi connectivity index (χ3v) is 4.03. The Morgan fingerprint density at radius 3 is 2.90 bits per heavy atom. The smallest absolute Gasteiger partial charge is 0.239 e. The first-order chi connectivity index (χ1) is 10.1. The molecule has 2 heterocycles. The molecule has 1 fully saturated rings. The van der Waals surface area contributed by atoms with E-state index in [0.29, 0.717) is 47.8 Å². The van der Waals surface area contributed by atoms with Gasteiger partial charge in [-0.25, -0.2) is 0 Å². The van der Waals surface area contributed by atoms with E-state index in [1.54, 1.807) is 12.1 Å². The number of Topliss-reactive ketones (excluding diaryl/α,β-unsaturated/α-hetero) is 1. The van der Waals surface area contributed by atoms with Crippen molar-refractivity contribution in [2.24, 2.45) is 0 Å². The maximum absolute atomic E-state index is 11.8. The summed E-state index contributed by atoms with van der Waals surface area (Å²) in [4.78, 5) is 16.1. The van der Waals surface area contributed by atoms with Gasteiger partial charge in [-0.15, -0.1) is 0 Å². The molecule has 0 aliphatic carbocycles. The number of ether oxygens (including phenoxy) is 1. The zero-order chi connectivity index (χ0) is 14.8. The zero-order valence-corrected chi connectivity index (χ0v) is 12.5. The van der Waals surface area contributed by atoms with E-state index < -0.39 is 5.92 Å². The maximum Gasteiger partial charge on any atom is 0.239 e. The fraction of sp³-hybridized carbons (Fsp3) is 0.357. The first-order valence-corrected chi connectivity index (χ1v) is 7.26. The molecule has 5 nitrogen and oxygen atoms in total. The van der Waals surface area contributed by atoms with Gasteiger partial charge in [-0.2, -0.15) is 4.98 Å². The van der Waals surface area contributed by atoms with E-state index in [1.165, 1.54) is 0 Å². The van der Waals surface area contributed by atoms with E-state index in [0.717, 1.165) is 5.56 Å². The van der Waals surface area contributed by atoms with Crippen molar-refractivity contribution in [3.8, 4) is 0 Å². The molecule has 21 heavy (non-hydrogen) atoms. The van der Waals surface area contributed by atoms with Crippen LogP contribution in [0.15, 0.2) is 22.7 Å². The minimum Gasteiger partial charge on any atom is -0.380 e. The predicted octanol–water partition coefficient (Wildman–Crippen LogP) is 3.04. The van der Waals surface area contributed by atoms with Crippen LogP contribution >= 0.6 is 23.2 Å². The normalized spacial score (nSPS) is 19.0. The van der Waals surface area contributed by atoms with Crippen LogP contribution in [0.1, 0.15) is 29.6 Å². The van der Waals surface area contributed by atoms with Crippen LogP contribution in [-0.2, 0) is 16.0 Å². The molecule has 1 atom stereocenters. The van der Waals surface area contributed by atoms with Crippen molar-refractivity contribution in [3.63, 3.8) is 0 Å². The van der Waals surface area contributed by atoms with Crippen LogP contribution in [0.5, 0.6) is 0 Å². The topological polar surface area (TPSA) is 65.2 Å². The van der Waals surface area contributed by atoms with Gasteiger partial charge in [0.15, 0.2) is 5.82 Å². The predicted molar refractivity (Wildman–Crippen MR) is 76.8 cm³/mol. The fourth-order valence-corrected chi connectivity index (χ4v) is 2.48. The van der Waals surface area contributed by atoms with Crippen LogP contribution in [0.3, 0.4) is 0 Å². The molecule has 1 aliphatic rings. The lowest BCUT2D eigenvalue weighted by Gasteiger charge is -2.17. The lowest BCUT2D eigenvalue weighted by molar-refractivity contribution is -0.127. The van der Waals surface area contributed by atoms with Crippen LogP contribution in [0.4, 0.5) is 0 Å². The van der Waals surface area contributed by atoms with E-state index >= 15 is 0 Å². The molecule has 110 valence electrons. The van der Waals surface area contributed by atoms with Gasteiger partial charge >= 0.3 is 0 Å². The van der Waals surface area contributed by atoms with Crippen molar-refractivity contribution in [1.29, 1.82) is 0 Å². The van der Waals surface area contributed by atoms with Crippen molar-refractivity contribution < 1.29 is 14.1 Å². The molecule has 1 saturated heterocycles. The Balaban J connectivity index is 1.75. The van der Waals surface area contributed by atoms with E-state index in [4.69, 9.17) is 32.5 Å². The fourth-order valence-electron chi connectivity index (χ4n) is 2.16. The van der Waals surface area contributed by atoms with Crippen LogP contribution in [-0.4, -0.2) is 29.1 Å². The Labute approximate surface area is 131 Å². The van der Waals surface area contributed by atoms with E-state index in [9.17, 15) is 4.79 Å². The Kier molecular flexibility index (Phi) is 4.24. The number of halogens is 2. The summed E-state index contributed by atoms with van der Waals surface area (Å²) in [5, 5.41) is 4.88. The van der Waals surface area contributed by atoms with E-state index in [1.807, 2.05) is 6.07 Å².